The Balaban J connectivity index is 1.92. The molecule has 0 fully saturated rings. The number of nitrogens with one attached hydrogen (secondary N) is 3. The van der Waals surface area contributed by atoms with Crippen LogP contribution in [0.5, 0.6) is 5.75 Å². The summed E-state index contributed by atoms with van der Waals surface area (Å²) < 4.78 is 44.1. The fourth-order valence-corrected chi connectivity index (χ4v) is 4.37. The Morgan fingerprint density at radius 3 is 2.00 bits per heavy atom. The second-order valence-electron chi connectivity index (χ2n) is 10.9. The second kappa shape index (κ2) is 14.1. The van der Waals surface area contributed by atoms with E-state index >= 15 is 0 Å². The Morgan fingerprint density at radius 2 is 1.43 bits per heavy atom. The molecule has 0 aliphatic carbocycles. The highest BCUT2D eigenvalue weighted by atomic mass is 32.2. The molecule has 0 saturated heterocycles. The van der Waals surface area contributed by atoms with Gasteiger partial charge in [0, 0.05) is 18.7 Å². The molecule has 0 bridgehead atoms. The van der Waals surface area contributed by atoms with E-state index in [9.17, 15) is 22.8 Å². The molecule has 220 valence electrons. The zero-order valence-corrected chi connectivity index (χ0v) is 24.6. The van der Waals surface area contributed by atoms with Gasteiger partial charge in [0.15, 0.2) is 0 Å². The third-order valence-corrected chi connectivity index (χ3v) is 6.37. The summed E-state index contributed by atoms with van der Waals surface area (Å²) in [6.07, 6.45) is 0.0523. The van der Waals surface area contributed by atoms with Crippen LogP contribution in [0.1, 0.15) is 58.3 Å². The van der Waals surface area contributed by atoms with Crippen molar-refractivity contribution in [3.63, 3.8) is 0 Å². The molecule has 3 N–H and O–H groups in total. The largest absolute Gasteiger partial charge is 0.494 e. The summed E-state index contributed by atoms with van der Waals surface area (Å²) in [6, 6.07) is 12.5. The molecule has 0 radical (unpaired) electrons. The molecule has 0 aliphatic rings. The van der Waals surface area contributed by atoms with E-state index in [4.69, 9.17) is 14.2 Å². The number of esters is 1. The predicted octanol–water partition coefficient (Wildman–Crippen LogP) is 3.40. The lowest BCUT2D eigenvalue weighted by Gasteiger charge is -2.24. The summed E-state index contributed by atoms with van der Waals surface area (Å²) in [5.74, 6) is -0.811. The Kier molecular flexibility index (Phi) is 11.5. The summed E-state index contributed by atoms with van der Waals surface area (Å²) >= 11 is 0. The summed E-state index contributed by atoms with van der Waals surface area (Å²) in [6.45, 7) is 10.7. The van der Waals surface area contributed by atoms with E-state index in [0.29, 0.717) is 25.3 Å². The smallest absolute Gasteiger partial charge is 0.407 e. The zero-order valence-electron chi connectivity index (χ0n) is 23.8. The summed E-state index contributed by atoms with van der Waals surface area (Å²) in [7, 11) is -4.05. The first-order chi connectivity index (χ1) is 18.6. The van der Waals surface area contributed by atoms with Crippen LogP contribution >= 0.6 is 0 Å². The quantitative estimate of drug-likeness (QED) is 0.257. The Morgan fingerprint density at radius 1 is 0.825 bits per heavy atom. The first kappa shape index (κ1) is 32.6. The molecule has 0 aliphatic heterocycles. The molecule has 0 spiro atoms. The van der Waals surface area contributed by atoms with Gasteiger partial charge in [0.2, 0.25) is 10.0 Å². The van der Waals surface area contributed by atoms with Crippen LogP contribution in [0.4, 0.5) is 4.79 Å². The maximum Gasteiger partial charge on any atom is 0.407 e. The minimum absolute atomic E-state index is 0.0221. The number of ether oxygens (including phenoxy) is 3. The standard InChI is InChI=1S/C28H39N3O8S/c1-27(2,3)38-25(33)23(31-40(35,36)22-11-8-7-9-12-22)19-30-24(32)20-13-15-21(16-14-20)37-18-10-17-29-26(34)39-28(4,5)6/h7-9,11-16,23,31H,10,17-19H2,1-6H3,(H,29,34)(H,30,32). The molecule has 0 saturated carbocycles. The molecular weight excluding hydrogens is 538 g/mol. The summed E-state index contributed by atoms with van der Waals surface area (Å²) in [5, 5.41) is 5.23. The van der Waals surface area contributed by atoms with Gasteiger partial charge in [0.05, 0.1) is 11.5 Å². The van der Waals surface area contributed by atoms with Gasteiger partial charge < -0.3 is 24.8 Å². The van der Waals surface area contributed by atoms with Crippen molar-refractivity contribution in [2.45, 2.75) is 70.1 Å². The molecule has 12 heteroatoms. The van der Waals surface area contributed by atoms with Gasteiger partial charge in [-0.2, -0.15) is 4.72 Å². The van der Waals surface area contributed by atoms with Crippen molar-refractivity contribution >= 4 is 28.0 Å². The number of hydrogen-bond donors (Lipinski definition) is 3. The third-order valence-electron chi connectivity index (χ3n) is 4.88. The van der Waals surface area contributed by atoms with E-state index in [1.165, 1.54) is 12.1 Å². The van der Waals surface area contributed by atoms with Gasteiger partial charge in [-0.05, 0) is 84.4 Å². The molecule has 40 heavy (non-hydrogen) atoms. The number of hydrogen-bond acceptors (Lipinski definition) is 8. The SMILES string of the molecule is CC(C)(C)OC(=O)NCCCOc1ccc(C(=O)NCC(NS(=O)(=O)c2ccccc2)C(=O)OC(C)(C)C)cc1. The first-order valence-corrected chi connectivity index (χ1v) is 14.3. The normalized spacial score (nSPS) is 12.7. The van der Waals surface area contributed by atoms with E-state index < -0.39 is 45.2 Å². The van der Waals surface area contributed by atoms with Crippen molar-refractivity contribution in [2.24, 2.45) is 0 Å². The monoisotopic (exact) mass is 577 g/mol. The molecule has 0 heterocycles. The van der Waals surface area contributed by atoms with Crippen molar-refractivity contribution < 1.29 is 37.0 Å². The Hall–Kier alpha value is -3.64. The number of alkyl carbamates (subject to hydrolysis) is 1. The number of rotatable bonds is 12. The van der Waals surface area contributed by atoms with Crippen LogP contribution < -0.4 is 20.1 Å². The van der Waals surface area contributed by atoms with Crippen molar-refractivity contribution in [1.29, 1.82) is 0 Å². The van der Waals surface area contributed by atoms with Gasteiger partial charge in [-0.15, -0.1) is 0 Å². The highest BCUT2D eigenvalue weighted by Crippen LogP contribution is 2.14. The molecule has 1 atom stereocenters. The number of carbonyl (C=O) groups is 3. The Bertz CT molecular complexity index is 1240. The maximum absolute atomic E-state index is 12.8. The predicted molar refractivity (Wildman–Crippen MR) is 150 cm³/mol. The third kappa shape index (κ3) is 12.0. The second-order valence-corrected chi connectivity index (χ2v) is 12.6. The van der Waals surface area contributed by atoms with Crippen LogP contribution in [0, 0.1) is 0 Å². The van der Waals surface area contributed by atoms with Crippen molar-refractivity contribution in [3.05, 3.63) is 60.2 Å². The summed E-state index contributed by atoms with van der Waals surface area (Å²) in [4.78, 5) is 37.1. The fourth-order valence-electron chi connectivity index (χ4n) is 3.17. The van der Waals surface area contributed by atoms with Crippen molar-refractivity contribution in [1.82, 2.24) is 15.4 Å². The zero-order chi connectivity index (χ0) is 30.0. The molecule has 0 aromatic heterocycles. The van der Waals surface area contributed by atoms with Crippen molar-refractivity contribution in [2.75, 3.05) is 19.7 Å². The number of benzene rings is 2. The van der Waals surface area contributed by atoms with E-state index in [0.717, 1.165) is 0 Å². The summed E-state index contributed by atoms with van der Waals surface area (Å²) in [5.41, 5.74) is -1.14. The number of amides is 2. The lowest BCUT2D eigenvalue weighted by Crippen LogP contribution is -2.50. The lowest BCUT2D eigenvalue weighted by molar-refractivity contribution is -0.156. The van der Waals surface area contributed by atoms with E-state index in [2.05, 4.69) is 15.4 Å². The van der Waals surface area contributed by atoms with Gasteiger partial charge in [-0.3, -0.25) is 9.59 Å². The van der Waals surface area contributed by atoms with Crippen LogP contribution in [-0.4, -0.2) is 63.3 Å². The Labute approximate surface area is 236 Å². The molecular formula is C28H39N3O8S. The average molecular weight is 578 g/mol. The molecule has 11 nitrogen and oxygen atoms in total. The van der Waals surface area contributed by atoms with E-state index in [1.807, 2.05) is 0 Å². The average Bonchev–Trinajstić information content (AvgIpc) is 2.85. The van der Waals surface area contributed by atoms with Gasteiger partial charge in [0.25, 0.3) is 5.91 Å². The van der Waals surface area contributed by atoms with Crippen LogP contribution in [0.3, 0.4) is 0 Å². The van der Waals surface area contributed by atoms with Gasteiger partial charge >= 0.3 is 12.1 Å². The maximum atomic E-state index is 12.8. The lowest BCUT2D eigenvalue weighted by atomic mass is 10.2. The highest BCUT2D eigenvalue weighted by Gasteiger charge is 2.30. The fraction of sp³-hybridized carbons (Fsp3) is 0.464. The van der Waals surface area contributed by atoms with E-state index in [-0.39, 0.29) is 17.0 Å². The minimum atomic E-state index is -4.05. The first-order valence-electron chi connectivity index (χ1n) is 12.8. The minimum Gasteiger partial charge on any atom is -0.494 e. The van der Waals surface area contributed by atoms with Crippen LogP contribution in [0.2, 0.25) is 0 Å². The molecule has 2 aromatic rings. The number of carbonyl (C=O) groups excluding carboxylic acids is 3. The molecule has 1 unspecified atom stereocenters. The van der Waals surface area contributed by atoms with Crippen LogP contribution in [0.15, 0.2) is 59.5 Å². The molecule has 2 amide bonds. The van der Waals surface area contributed by atoms with Gasteiger partial charge in [0.1, 0.15) is 23.0 Å². The van der Waals surface area contributed by atoms with Crippen LogP contribution in [0.25, 0.3) is 0 Å². The molecule has 2 rings (SSSR count). The molecule has 2 aromatic carbocycles. The van der Waals surface area contributed by atoms with E-state index in [1.54, 1.807) is 84.0 Å². The topological polar surface area (TPSA) is 149 Å². The highest BCUT2D eigenvalue weighted by molar-refractivity contribution is 7.89. The van der Waals surface area contributed by atoms with Gasteiger partial charge in [-0.1, -0.05) is 18.2 Å². The number of sulfonamides is 1. The van der Waals surface area contributed by atoms with Crippen LogP contribution in [-0.2, 0) is 24.3 Å². The van der Waals surface area contributed by atoms with Crippen molar-refractivity contribution in [3.8, 4) is 5.75 Å². The van der Waals surface area contributed by atoms with Gasteiger partial charge in [-0.25, -0.2) is 13.2 Å².